The third-order valence-corrected chi connectivity index (χ3v) is 5.65. The molecule has 2 aromatic carbocycles. The van der Waals surface area contributed by atoms with Crippen LogP contribution in [0.25, 0.3) is 27.9 Å². The second-order valence-corrected chi connectivity index (χ2v) is 7.38. The molecule has 1 aliphatic rings. The molecular formula is C23H26N4O2. The highest BCUT2D eigenvalue weighted by molar-refractivity contribution is 6.08. The zero-order valence-corrected chi connectivity index (χ0v) is 16.7. The summed E-state index contributed by atoms with van der Waals surface area (Å²) >= 11 is 0. The number of primary amides is 1. The number of benzene rings is 2. The number of fused-ring (bicyclic) bond motifs is 3. The van der Waals surface area contributed by atoms with E-state index >= 15 is 0 Å². The van der Waals surface area contributed by atoms with Crippen molar-refractivity contribution in [1.29, 1.82) is 0 Å². The minimum Gasteiger partial charge on any atom is -0.351 e. The van der Waals surface area contributed by atoms with Gasteiger partial charge in [0.25, 0.3) is 0 Å². The second kappa shape index (κ2) is 7.99. The number of hydrogen-bond acceptors (Lipinski definition) is 2. The molecule has 0 radical (unpaired) electrons. The number of nitrogens with two attached hydrogens (primary N) is 1. The number of carbonyl (C=O) groups excluding carboxylic acids is 2. The average molecular weight is 390 g/mol. The summed E-state index contributed by atoms with van der Waals surface area (Å²) in [6.07, 6.45) is 4.24. The molecule has 29 heavy (non-hydrogen) atoms. The molecule has 0 spiro atoms. The Morgan fingerprint density at radius 3 is 2.48 bits per heavy atom. The fraction of sp³-hybridized carbons (Fsp3) is 0.304. The van der Waals surface area contributed by atoms with E-state index in [1.54, 1.807) is 15.9 Å². The van der Waals surface area contributed by atoms with Crippen LogP contribution in [0.2, 0.25) is 0 Å². The van der Waals surface area contributed by atoms with E-state index in [9.17, 15) is 9.59 Å². The average Bonchev–Trinajstić information content (AvgIpc) is 2.87. The van der Waals surface area contributed by atoms with Crippen LogP contribution in [0.5, 0.6) is 0 Å². The Labute approximate surface area is 170 Å². The molecule has 3 amide bonds. The summed E-state index contributed by atoms with van der Waals surface area (Å²) < 4.78 is 2.31. The third kappa shape index (κ3) is 3.70. The van der Waals surface area contributed by atoms with Gasteiger partial charge in [0.1, 0.15) is 0 Å². The number of para-hydroxylation sites is 1. The highest BCUT2D eigenvalue weighted by Gasteiger charge is 2.19. The lowest BCUT2D eigenvalue weighted by atomic mass is 10.1. The van der Waals surface area contributed by atoms with Crippen molar-refractivity contribution in [1.82, 2.24) is 14.4 Å². The molecule has 1 fully saturated rings. The van der Waals surface area contributed by atoms with Gasteiger partial charge in [-0.2, -0.15) is 0 Å². The highest BCUT2D eigenvalue weighted by atomic mass is 16.2. The SMILES string of the molecule is CCn1c2ccccc2c2cc(/C=C/C(=O)N3CCCN(C(N)=O)CC3)ccc21. The van der Waals surface area contributed by atoms with Crippen LogP contribution < -0.4 is 5.73 Å². The van der Waals surface area contributed by atoms with E-state index in [-0.39, 0.29) is 5.91 Å². The molecule has 3 aromatic rings. The Bertz CT molecular complexity index is 1100. The third-order valence-electron chi connectivity index (χ3n) is 5.65. The molecule has 4 rings (SSSR count). The van der Waals surface area contributed by atoms with E-state index in [0.717, 1.165) is 18.5 Å². The molecule has 0 saturated carbocycles. The van der Waals surface area contributed by atoms with Crippen LogP contribution in [0.4, 0.5) is 4.79 Å². The van der Waals surface area contributed by atoms with Crippen molar-refractivity contribution in [2.24, 2.45) is 5.73 Å². The summed E-state index contributed by atoms with van der Waals surface area (Å²) in [4.78, 5) is 27.3. The van der Waals surface area contributed by atoms with Crippen molar-refractivity contribution < 1.29 is 9.59 Å². The van der Waals surface area contributed by atoms with Gasteiger partial charge in [-0.25, -0.2) is 4.79 Å². The standard InChI is InChI=1S/C23H26N4O2/c1-2-27-20-7-4-3-6-18(20)19-16-17(8-10-21(19)27)9-11-22(28)25-12-5-13-26(15-14-25)23(24)29/h3-4,6-11,16H,2,5,12-15H2,1H3,(H2,24,29)/b11-9+. The topological polar surface area (TPSA) is 71.6 Å². The van der Waals surface area contributed by atoms with Crippen molar-refractivity contribution in [2.45, 2.75) is 19.9 Å². The summed E-state index contributed by atoms with van der Waals surface area (Å²) in [5.41, 5.74) is 8.79. The summed E-state index contributed by atoms with van der Waals surface area (Å²) in [7, 11) is 0. The van der Waals surface area contributed by atoms with Gasteiger partial charge in [0.05, 0.1) is 0 Å². The van der Waals surface area contributed by atoms with Gasteiger partial charge in [-0.3, -0.25) is 4.79 Å². The van der Waals surface area contributed by atoms with E-state index in [0.29, 0.717) is 26.2 Å². The molecule has 1 saturated heterocycles. The lowest BCUT2D eigenvalue weighted by molar-refractivity contribution is -0.125. The first-order valence-corrected chi connectivity index (χ1v) is 10.1. The maximum Gasteiger partial charge on any atom is 0.314 e. The van der Waals surface area contributed by atoms with Crippen molar-refractivity contribution in [3.05, 3.63) is 54.1 Å². The zero-order chi connectivity index (χ0) is 20.4. The molecule has 2 N–H and O–H groups in total. The molecule has 0 atom stereocenters. The van der Waals surface area contributed by atoms with Crippen molar-refractivity contribution in [3.63, 3.8) is 0 Å². The minimum atomic E-state index is -0.422. The van der Waals surface area contributed by atoms with Gasteiger partial charge < -0.3 is 20.1 Å². The van der Waals surface area contributed by atoms with E-state index in [2.05, 4.69) is 54.0 Å². The molecule has 0 bridgehead atoms. The number of amides is 3. The molecule has 0 unspecified atom stereocenters. The van der Waals surface area contributed by atoms with Crippen LogP contribution in [-0.2, 0) is 11.3 Å². The monoisotopic (exact) mass is 390 g/mol. The lowest BCUT2D eigenvalue weighted by Crippen LogP contribution is -2.39. The van der Waals surface area contributed by atoms with Crippen molar-refractivity contribution in [2.75, 3.05) is 26.2 Å². The van der Waals surface area contributed by atoms with Gasteiger partial charge in [0, 0.05) is 60.6 Å². The number of aryl methyl sites for hydroxylation is 1. The Kier molecular flexibility index (Phi) is 5.25. The van der Waals surface area contributed by atoms with Gasteiger partial charge in [0.15, 0.2) is 0 Å². The van der Waals surface area contributed by atoms with Gasteiger partial charge >= 0.3 is 6.03 Å². The second-order valence-electron chi connectivity index (χ2n) is 7.38. The number of rotatable bonds is 3. The smallest absolute Gasteiger partial charge is 0.314 e. The minimum absolute atomic E-state index is 0.0348. The van der Waals surface area contributed by atoms with Crippen LogP contribution in [0.3, 0.4) is 0 Å². The van der Waals surface area contributed by atoms with Crippen LogP contribution in [-0.4, -0.2) is 52.5 Å². The van der Waals surface area contributed by atoms with E-state index in [1.165, 1.54) is 21.8 Å². The van der Waals surface area contributed by atoms with Gasteiger partial charge in [-0.1, -0.05) is 24.3 Å². The number of hydrogen-bond donors (Lipinski definition) is 1. The van der Waals surface area contributed by atoms with E-state index in [1.807, 2.05) is 6.08 Å². The summed E-state index contributed by atoms with van der Waals surface area (Å²) in [5.74, 6) is -0.0348. The Hall–Kier alpha value is -3.28. The quantitative estimate of drug-likeness (QED) is 0.696. The summed E-state index contributed by atoms with van der Waals surface area (Å²) in [6, 6.07) is 14.3. The molecule has 2 heterocycles. The largest absolute Gasteiger partial charge is 0.351 e. The number of nitrogens with zero attached hydrogens (tertiary/aromatic N) is 3. The first-order chi connectivity index (χ1) is 14.1. The van der Waals surface area contributed by atoms with Gasteiger partial charge in [0.2, 0.25) is 5.91 Å². The van der Waals surface area contributed by atoms with E-state index in [4.69, 9.17) is 5.73 Å². The molecule has 6 nitrogen and oxygen atoms in total. The molecule has 0 aliphatic carbocycles. The fourth-order valence-corrected chi connectivity index (χ4v) is 4.15. The predicted molar refractivity (Wildman–Crippen MR) is 117 cm³/mol. The highest BCUT2D eigenvalue weighted by Crippen LogP contribution is 2.30. The Morgan fingerprint density at radius 2 is 1.69 bits per heavy atom. The summed E-state index contributed by atoms with van der Waals surface area (Å²) in [6.45, 7) is 5.29. The van der Waals surface area contributed by atoms with Crippen molar-refractivity contribution in [3.8, 4) is 0 Å². The molecule has 150 valence electrons. The maximum absolute atomic E-state index is 12.6. The van der Waals surface area contributed by atoms with Crippen LogP contribution >= 0.6 is 0 Å². The maximum atomic E-state index is 12.6. The number of aromatic nitrogens is 1. The molecule has 1 aliphatic heterocycles. The lowest BCUT2D eigenvalue weighted by Gasteiger charge is -2.19. The van der Waals surface area contributed by atoms with Crippen LogP contribution in [0.15, 0.2) is 48.5 Å². The van der Waals surface area contributed by atoms with Gasteiger partial charge in [-0.15, -0.1) is 0 Å². The van der Waals surface area contributed by atoms with Crippen molar-refractivity contribution >= 4 is 39.8 Å². The Balaban J connectivity index is 1.56. The molecule has 6 heteroatoms. The number of urea groups is 1. The fourth-order valence-electron chi connectivity index (χ4n) is 4.15. The van der Waals surface area contributed by atoms with Crippen LogP contribution in [0, 0.1) is 0 Å². The van der Waals surface area contributed by atoms with Crippen LogP contribution in [0.1, 0.15) is 18.9 Å². The summed E-state index contributed by atoms with van der Waals surface area (Å²) in [5, 5.41) is 2.42. The van der Waals surface area contributed by atoms with E-state index < -0.39 is 6.03 Å². The predicted octanol–water partition coefficient (Wildman–Crippen LogP) is 3.44. The first-order valence-electron chi connectivity index (χ1n) is 10.1. The van der Waals surface area contributed by atoms with Gasteiger partial charge in [-0.05, 0) is 43.2 Å². The molecular weight excluding hydrogens is 364 g/mol. The molecule has 1 aromatic heterocycles. The first kappa shape index (κ1) is 19.1. The number of carbonyl (C=O) groups is 2. The zero-order valence-electron chi connectivity index (χ0n) is 16.7. The Morgan fingerprint density at radius 1 is 0.966 bits per heavy atom. The normalized spacial score (nSPS) is 15.3.